The van der Waals surface area contributed by atoms with Crippen molar-refractivity contribution in [3.05, 3.63) is 10.0 Å². The lowest BCUT2D eigenvalue weighted by Gasteiger charge is -2.18. The van der Waals surface area contributed by atoms with Crippen LogP contribution in [-0.4, -0.2) is 50.7 Å². The summed E-state index contributed by atoms with van der Waals surface area (Å²) in [6.45, 7) is 3.94. The zero-order valence-electron chi connectivity index (χ0n) is 15.0. The number of nitrogen functional groups attached to an aromatic ring is 1. The highest BCUT2D eigenvalue weighted by Gasteiger charge is 2.18. The number of fused-ring (bicyclic) bond motifs is 1. The number of hydrogen-bond acceptors (Lipinski definition) is 9. The molecule has 2 aromatic rings. The Labute approximate surface area is 172 Å². The highest BCUT2D eigenvalue weighted by Crippen LogP contribution is 2.19. The smallest absolute Gasteiger partial charge is 0.323 e. The molecule has 10 nitrogen and oxygen atoms in total. The van der Waals surface area contributed by atoms with Crippen molar-refractivity contribution in [1.82, 2.24) is 24.6 Å². The number of hydrogen-bond donors (Lipinski definition) is 2. The second kappa shape index (κ2) is 10.1. The molecular formula is C15H22IN6O4P. The molecule has 0 aliphatic heterocycles. The first-order valence-electron chi connectivity index (χ1n) is 8.21. The molecule has 0 amide bonds. The van der Waals surface area contributed by atoms with Gasteiger partial charge in [0.1, 0.15) is 15.3 Å². The van der Waals surface area contributed by atoms with Crippen LogP contribution in [0, 0.1) is 9.62 Å². The first kappa shape index (κ1) is 21.7. The van der Waals surface area contributed by atoms with E-state index in [0.717, 1.165) is 0 Å². The van der Waals surface area contributed by atoms with Crippen LogP contribution in [0.1, 0.15) is 20.3 Å². The summed E-state index contributed by atoms with van der Waals surface area (Å²) in [5.74, 6) is -0.640. The fourth-order valence-corrected chi connectivity index (χ4v) is 3.08. The molecule has 0 bridgehead atoms. The van der Waals surface area contributed by atoms with Crippen molar-refractivity contribution in [2.24, 2.45) is 5.92 Å². The van der Waals surface area contributed by atoms with Crippen molar-refractivity contribution in [2.45, 2.75) is 32.9 Å². The van der Waals surface area contributed by atoms with Gasteiger partial charge in [0.05, 0.1) is 19.5 Å². The highest BCUT2D eigenvalue weighted by molar-refractivity contribution is 14.1. The van der Waals surface area contributed by atoms with Crippen molar-refractivity contribution in [3.63, 3.8) is 0 Å². The van der Waals surface area contributed by atoms with E-state index in [0.29, 0.717) is 27.8 Å². The van der Waals surface area contributed by atoms with E-state index in [2.05, 4.69) is 52.0 Å². The molecule has 148 valence electrons. The number of esters is 2. The number of rotatable bonds is 9. The van der Waals surface area contributed by atoms with Crippen LogP contribution in [-0.2, 0) is 25.6 Å². The Morgan fingerprint density at radius 3 is 2.81 bits per heavy atom. The topological polar surface area (TPSA) is 134 Å². The second-order valence-corrected chi connectivity index (χ2v) is 7.31. The maximum Gasteiger partial charge on any atom is 0.323 e. The number of ether oxygens (including phenoxy) is 2. The van der Waals surface area contributed by atoms with E-state index in [4.69, 9.17) is 15.2 Å². The molecule has 0 aromatic carbocycles. The van der Waals surface area contributed by atoms with Gasteiger partial charge in [-0.2, -0.15) is 4.98 Å². The van der Waals surface area contributed by atoms with Gasteiger partial charge in [-0.1, -0.05) is 9.39 Å². The van der Waals surface area contributed by atoms with Gasteiger partial charge in [0.25, 0.3) is 0 Å². The van der Waals surface area contributed by atoms with Crippen molar-refractivity contribution in [3.8, 4) is 0 Å². The number of nitrogens with one attached hydrogen (secondary N) is 1. The lowest BCUT2D eigenvalue weighted by molar-refractivity contribution is -0.147. The lowest BCUT2D eigenvalue weighted by Crippen LogP contribution is -2.30. The lowest BCUT2D eigenvalue weighted by atomic mass is 10.1. The molecule has 0 saturated heterocycles. The average Bonchev–Trinajstić information content (AvgIpc) is 3.01. The molecule has 3 atom stereocenters. The van der Waals surface area contributed by atoms with Crippen LogP contribution >= 0.6 is 32.0 Å². The standard InChI is InChI=1S/C15H22IN6O4P/c1-8(21-27)14(24)25-4-3-10(6-26-9(2)23)5-22-7-18-11-12(16)19-15(17)20-13(11)22/h7-8,10,21H,3-6,27H2,1-2H3,(H2,17,19,20)/t8-,10+/m0/s1. The number of aromatic nitrogens is 4. The summed E-state index contributed by atoms with van der Waals surface area (Å²) in [5.41, 5.74) is 7.00. The quantitative estimate of drug-likeness (QED) is 0.219. The van der Waals surface area contributed by atoms with Crippen LogP contribution in [0.5, 0.6) is 0 Å². The molecule has 3 N–H and O–H groups in total. The number of halogens is 1. The average molecular weight is 508 g/mol. The minimum atomic E-state index is -0.415. The maximum absolute atomic E-state index is 11.8. The SMILES string of the molecule is CC(=O)OC[C@H](CCOC(=O)[C@H](C)NP)Cn1cnc2c(I)nc(N)nc21. The fraction of sp³-hybridized carbons (Fsp3) is 0.533. The minimum absolute atomic E-state index is 0.0905. The van der Waals surface area contributed by atoms with E-state index in [1.807, 2.05) is 4.57 Å². The summed E-state index contributed by atoms with van der Waals surface area (Å²) >= 11 is 2.05. The summed E-state index contributed by atoms with van der Waals surface area (Å²) in [5, 5.41) is 2.74. The fourth-order valence-electron chi connectivity index (χ4n) is 2.32. The Bertz CT molecular complexity index is 817. The van der Waals surface area contributed by atoms with E-state index in [1.54, 1.807) is 13.3 Å². The Kier molecular flexibility index (Phi) is 8.11. The van der Waals surface area contributed by atoms with E-state index >= 15 is 0 Å². The largest absolute Gasteiger partial charge is 0.466 e. The summed E-state index contributed by atoms with van der Waals surface area (Å²) < 4.78 is 12.9. The Morgan fingerprint density at radius 2 is 2.15 bits per heavy atom. The number of carbonyl (C=O) groups is 2. The number of carbonyl (C=O) groups excluding carboxylic acids is 2. The minimum Gasteiger partial charge on any atom is -0.466 e. The van der Waals surface area contributed by atoms with E-state index < -0.39 is 6.04 Å². The van der Waals surface area contributed by atoms with E-state index in [9.17, 15) is 9.59 Å². The molecule has 0 fully saturated rings. The summed E-state index contributed by atoms with van der Waals surface area (Å²) in [7, 11) is 2.28. The Hall–Kier alpha value is -1.59. The van der Waals surface area contributed by atoms with E-state index in [-0.39, 0.29) is 37.0 Å². The third-order valence-electron chi connectivity index (χ3n) is 3.79. The first-order valence-corrected chi connectivity index (χ1v) is 9.87. The van der Waals surface area contributed by atoms with Crippen molar-refractivity contribution in [1.29, 1.82) is 0 Å². The predicted molar refractivity (Wildman–Crippen MR) is 110 cm³/mol. The zero-order valence-corrected chi connectivity index (χ0v) is 18.3. The third kappa shape index (κ3) is 6.22. The molecule has 12 heteroatoms. The van der Waals surface area contributed by atoms with Gasteiger partial charge in [0.2, 0.25) is 5.95 Å². The second-order valence-electron chi connectivity index (χ2n) is 5.95. The predicted octanol–water partition coefficient (Wildman–Crippen LogP) is 0.894. The number of anilines is 1. The summed E-state index contributed by atoms with van der Waals surface area (Å²) in [6.07, 6.45) is 2.16. The van der Waals surface area contributed by atoms with Gasteiger partial charge >= 0.3 is 11.9 Å². The van der Waals surface area contributed by atoms with Crippen LogP contribution in [0.2, 0.25) is 0 Å². The van der Waals surface area contributed by atoms with Gasteiger partial charge in [0, 0.05) is 19.4 Å². The van der Waals surface area contributed by atoms with Crippen LogP contribution in [0.4, 0.5) is 5.95 Å². The Balaban J connectivity index is 2.08. The number of nitrogens with two attached hydrogens (primary N) is 1. The molecule has 2 heterocycles. The summed E-state index contributed by atoms with van der Waals surface area (Å²) in [4.78, 5) is 35.6. The van der Waals surface area contributed by atoms with Gasteiger partial charge in [-0.3, -0.25) is 14.7 Å². The zero-order chi connectivity index (χ0) is 20.0. The maximum atomic E-state index is 11.8. The van der Waals surface area contributed by atoms with Gasteiger partial charge in [-0.15, -0.1) is 0 Å². The monoisotopic (exact) mass is 508 g/mol. The van der Waals surface area contributed by atoms with Gasteiger partial charge < -0.3 is 19.8 Å². The number of nitrogens with zero attached hydrogens (tertiary/aromatic N) is 4. The molecule has 0 saturated carbocycles. The van der Waals surface area contributed by atoms with Crippen molar-refractivity contribution >= 4 is 61.0 Å². The molecule has 0 radical (unpaired) electrons. The summed E-state index contributed by atoms with van der Waals surface area (Å²) in [6, 6.07) is -0.415. The highest BCUT2D eigenvalue weighted by atomic mass is 127. The third-order valence-corrected chi connectivity index (χ3v) is 5.04. The van der Waals surface area contributed by atoms with Gasteiger partial charge in [-0.05, 0) is 35.9 Å². The normalized spacial score (nSPS) is 13.3. The molecule has 2 aromatic heterocycles. The van der Waals surface area contributed by atoms with Crippen LogP contribution in [0.25, 0.3) is 11.2 Å². The van der Waals surface area contributed by atoms with Crippen LogP contribution < -0.4 is 10.8 Å². The van der Waals surface area contributed by atoms with Gasteiger partial charge in [-0.25, -0.2) is 9.97 Å². The van der Waals surface area contributed by atoms with Crippen molar-refractivity contribution < 1.29 is 19.1 Å². The molecule has 0 aliphatic carbocycles. The van der Waals surface area contributed by atoms with Gasteiger partial charge in [0.15, 0.2) is 5.65 Å². The van der Waals surface area contributed by atoms with Crippen LogP contribution in [0.3, 0.4) is 0 Å². The van der Waals surface area contributed by atoms with Crippen LogP contribution in [0.15, 0.2) is 6.33 Å². The molecule has 27 heavy (non-hydrogen) atoms. The molecule has 0 aliphatic rings. The molecule has 2 rings (SSSR count). The molecule has 0 spiro atoms. The first-order chi connectivity index (χ1) is 12.8. The van der Waals surface area contributed by atoms with E-state index in [1.165, 1.54) is 6.92 Å². The molecular weight excluding hydrogens is 486 g/mol. The number of imidazole rings is 1. The Morgan fingerprint density at radius 1 is 1.41 bits per heavy atom. The van der Waals surface area contributed by atoms with Crippen molar-refractivity contribution in [2.75, 3.05) is 18.9 Å². The molecule has 1 unspecified atom stereocenters.